The van der Waals surface area contributed by atoms with Gasteiger partial charge in [0.25, 0.3) is 0 Å². The summed E-state index contributed by atoms with van der Waals surface area (Å²) in [5.41, 5.74) is 0. The molecule has 0 radical (unpaired) electrons. The zero-order valence-electron chi connectivity index (χ0n) is 13.6. The van der Waals surface area contributed by atoms with Gasteiger partial charge in [-0.1, -0.05) is 32.1 Å². The topological polar surface area (TPSA) is 62.6 Å². The van der Waals surface area contributed by atoms with Crippen LogP contribution in [0.3, 0.4) is 0 Å². The van der Waals surface area contributed by atoms with Crippen molar-refractivity contribution in [3.63, 3.8) is 0 Å². The monoisotopic (exact) mass is 318 g/mol. The summed E-state index contributed by atoms with van der Waals surface area (Å²) >= 11 is 0. The van der Waals surface area contributed by atoms with Gasteiger partial charge >= 0.3 is 0 Å². The summed E-state index contributed by atoms with van der Waals surface area (Å²) in [5.74, 6) is 0.632. The number of carbonyl (C=O) groups excluding carboxylic acids is 2. The molecule has 1 atom stereocenters. The highest BCUT2D eigenvalue weighted by Crippen LogP contribution is 2.22. The highest BCUT2D eigenvalue weighted by molar-refractivity contribution is 5.89. The molecule has 5 nitrogen and oxygen atoms in total. The van der Waals surface area contributed by atoms with Crippen molar-refractivity contribution in [2.45, 2.75) is 64.0 Å². The number of amides is 2. The van der Waals surface area contributed by atoms with Gasteiger partial charge in [0, 0.05) is 19.0 Å². The molecular formula is C18H26N2O3. The summed E-state index contributed by atoms with van der Waals surface area (Å²) in [6, 6.07) is 3.96. The van der Waals surface area contributed by atoms with Gasteiger partial charge in [0.1, 0.15) is 5.76 Å². The lowest BCUT2D eigenvalue weighted by atomic mass is 9.96. The summed E-state index contributed by atoms with van der Waals surface area (Å²) in [7, 11) is 0. The van der Waals surface area contributed by atoms with Crippen LogP contribution in [0, 0.1) is 5.92 Å². The smallest absolute Gasteiger partial charge is 0.225 e. The van der Waals surface area contributed by atoms with Gasteiger partial charge in [-0.05, 0) is 25.0 Å². The highest BCUT2D eigenvalue weighted by atomic mass is 16.3. The number of nitrogens with zero attached hydrogens (tertiary/aromatic N) is 1. The molecule has 1 saturated heterocycles. The number of carbonyl (C=O) groups is 2. The first-order chi connectivity index (χ1) is 11.2. The van der Waals surface area contributed by atoms with Gasteiger partial charge in [0.05, 0.1) is 18.7 Å². The number of likely N-dealkylation sites (tertiary alicyclic amines) is 1. The van der Waals surface area contributed by atoms with E-state index in [1.54, 1.807) is 11.2 Å². The molecule has 126 valence electrons. The van der Waals surface area contributed by atoms with Crippen molar-refractivity contribution in [1.82, 2.24) is 10.2 Å². The molecule has 0 bridgehead atoms. The van der Waals surface area contributed by atoms with Crippen LogP contribution in [0.15, 0.2) is 22.8 Å². The number of furan rings is 1. The van der Waals surface area contributed by atoms with Crippen molar-refractivity contribution < 1.29 is 14.0 Å². The molecule has 2 aliphatic rings. The summed E-state index contributed by atoms with van der Waals surface area (Å²) in [4.78, 5) is 26.3. The summed E-state index contributed by atoms with van der Waals surface area (Å²) in [6.45, 7) is 0.955. The van der Waals surface area contributed by atoms with E-state index in [2.05, 4.69) is 5.32 Å². The Labute approximate surface area is 137 Å². The van der Waals surface area contributed by atoms with Crippen LogP contribution in [-0.4, -0.2) is 29.3 Å². The molecule has 2 heterocycles. The van der Waals surface area contributed by atoms with Gasteiger partial charge in [-0.25, -0.2) is 0 Å². The van der Waals surface area contributed by atoms with Gasteiger partial charge in [-0.15, -0.1) is 0 Å². The average Bonchev–Trinajstić information content (AvgIpc) is 3.13. The largest absolute Gasteiger partial charge is 0.467 e. The molecule has 3 rings (SSSR count). The predicted molar refractivity (Wildman–Crippen MR) is 86.5 cm³/mol. The Bertz CT molecular complexity index is 518. The molecule has 2 amide bonds. The molecule has 1 aromatic rings. The Balaban J connectivity index is 1.50. The summed E-state index contributed by atoms with van der Waals surface area (Å²) < 4.78 is 5.29. The minimum Gasteiger partial charge on any atom is -0.467 e. The average molecular weight is 318 g/mol. The van der Waals surface area contributed by atoms with Crippen LogP contribution in [0.2, 0.25) is 0 Å². The molecule has 5 heteroatoms. The number of hydrogen-bond acceptors (Lipinski definition) is 3. The van der Waals surface area contributed by atoms with Gasteiger partial charge in [0.15, 0.2) is 0 Å². The molecule has 1 N–H and O–H groups in total. The van der Waals surface area contributed by atoms with Crippen LogP contribution in [-0.2, 0) is 16.1 Å². The third-order valence-electron chi connectivity index (χ3n) is 4.96. The van der Waals surface area contributed by atoms with E-state index in [1.165, 1.54) is 32.1 Å². The van der Waals surface area contributed by atoms with Crippen molar-refractivity contribution in [3.05, 3.63) is 24.2 Å². The zero-order chi connectivity index (χ0) is 16.1. The van der Waals surface area contributed by atoms with E-state index in [9.17, 15) is 9.59 Å². The Morgan fingerprint density at radius 2 is 1.96 bits per heavy atom. The van der Waals surface area contributed by atoms with Gasteiger partial charge in [-0.2, -0.15) is 0 Å². The number of nitrogens with one attached hydrogen (secondary N) is 1. The third-order valence-corrected chi connectivity index (χ3v) is 4.96. The Hall–Kier alpha value is -1.78. The van der Waals surface area contributed by atoms with Crippen LogP contribution in [0.1, 0.15) is 57.1 Å². The fourth-order valence-electron chi connectivity index (χ4n) is 3.61. The van der Waals surface area contributed by atoms with E-state index in [-0.39, 0.29) is 23.8 Å². The molecule has 1 aliphatic heterocycles. The maximum atomic E-state index is 12.5. The van der Waals surface area contributed by atoms with Crippen molar-refractivity contribution in [2.24, 2.45) is 5.92 Å². The minimum absolute atomic E-state index is 0.0409. The second-order valence-electron chi connectivity index (χ2n) is 6.81. The first-order valence-corrected chi connectivity index (χ1v) is 8.83. The van der Waals surface area contributed by atoms with Crippen molar-refractivity contribution in [2.75, 3.05) is 6.54 Å². The minimum atomic E-state index is -0.220. The second-order valence-corrected chi connectivity index (χ2v) is 6.81. The number of hydrogen-bond donors (Lipinski definition) is 1. The standard InChI is InChI=1S/C18H26N2O3/c21-17-11-14(12-20(17)13-16-9-6-10-23-16)18(22)19-15-7-4-2-1-3-5-8-15/h6,9-10,14-15H,1-5,7-8,11-13H2,(H,19,22)/t14-/m0/s1. The third kappa shape index (κ3) is 4.36. The molecule has 0 spiro atoms. The Kier molecular flexibility index (Phi) is 5.36. The van der Waals surface area contributed by atoms with E-state index in [0.29, 0.717) is 19.5 Å². The van der Waals surface area contributed by atoms with Gasteiger partial charge < -0.3 is 14.6 Å². The lowest BCUT2D eigenvalue weighted by Gasteiger charge is -2.22. The molecule has 1 saturated carbocycles. The second kappa shape index (κ2) is 7.66. The quantitative estimate of drug-likeness (QED) is 0.928. The fourth-order valence-corrected chi connectivity index (χ4v) is 3.61. The SMILES string of the molecule is O=C(NC1CCCCCCC1)[C@H]1CC(=O)N(Cc2ccco2)C1. The summed E-state index contributed by atoms with van der Waals surface area (Å²) in [5, 5.41) is 3.19. The molecule has 1 aliphatic carbocycles. The van der Waals surface area contributed by atoms with Gasteiger partial charge in [-0.3, -0.25) is 9.59 Å². The maximum absolute atomic E-state index is 12.5. The summed E-state index contributed by atoms with van der Waals surface area (Å²) in [6.07, 6.45) is 10.3. The first kappa shape index (κ1) is 16.1. The maximum Gasteiger partial charge on any atom is 0.225 e. The van der Waals surface area contributed by atoms with Crippen molar-refractivity contribution in [3.8, 4) is 0 Å². The molecule has 0 unspecified atom stereocenters. The molecule has 23 heavy (non-hydrogen) atoms. The normalized spacial score (nSPS) is 23.6. The molecule has 0 aromatic carbocycles. The lowest BCUT2D eigenvalue weighted by Crippen LogP contribution is -2.40. The van der Waals surface area contributed by atoms with E-state index in [1.807, 2.05) is 12.1 Å². The first-order valence-electron chi connectivity index (χ1n) is 8.83. The van der Waals surface area contributed by atoms with E-state index in [0.717, 1.165) is 18.6 Å². The van der Waals surface area contributed by atoms with E-state index in [4.69, 9.17) is 4.42 Å². The highest BCUT2D eigenvalue weighted by Gasteiger charge is 2.35. The van der Waals surface area contributed by atoms with Crippen LogP contribution in [0.5, 0.6) is 0 Å². The predicted octanol–water partition coefficient (Wildman–Crippen LogP) is 2.86. The van der Waals surface area contributed by atoms with E-state index >= 15 is 0 Å². The number of rotatable bonds is 4. The van der Waals surface area contributed by atoms with Crippen molar-refractivity contribution >= 4 is 11.8 Å². The van der Waals surface area contributed by atoms with E-state index < -0.39 is 0 Å². The van der Waals surface area contributed by atoms with Crippen LogP contribution >= 0.6 is 0 Å². The molecular weight excluding hydrogens is 292 g/mol. The Morgan fingerprint density at radius 3 is 2.65 bits per heavy atom. The molecule has 1 aromatic heterocycles. The Morgan fingerprint density at radius 1 is 1.22 bits per heavy atom. The lowest BCUT2D eigenvalue weighted by molar-refractivity contribution is -0.129. The fraction of sp³-hybridized carbons (Fsp3) is 0.667. The zero-order valence-corrected chi connectivity index (χ0v) is 13.6. The van der Waals surface area contributed by atoms with Gasteiger partial charge in [0.2, 0.25) is 11.8 Å². The van der Waals surface area contributed by atoms with Crippen LogP contribution in [0.4, 0.5) is 0 Å². The van der Waals surface area contributed by atoms with Crippen molar-refractivity contribution in [1.29, 1.82) is 0 Å². The van der Waals surface area contributed by atoms with Crippen LogP contribution in [0.25, 0.3) is 0 Å². The molecule has 2 fully saturated rings. The van der Waals surface area contributed by atoms with Crippen LogP contribution < -0.4 is 5.32 Å².